The third-order valence-corrected chi connectivity index (χ3v) is 6.09. The zero-order valence-electron chi connectivity index (χ0n) is 18.0. The van der Waals surface area contributed by atoms with Gasteiger partial charge in [-0.15, -0.1) is 0 Å². The summed E-state index contributed by atoms with van der Waals surface area (Å²) in [6.45, 7) is 6.72. The lowest BCUT2D eigenvalue weighted by Crippen LogP contribution is -2.50. The number of hydrogen-bond acceptors (Lipinski definition) is 5. The number of piperazine rings is 1. The summed E-state index contributed by atoms with van der Waals surface area (Å²) < 4.78 is 11.2. The normalized spacial score (nSPS) is 14.1. The lowest BCUT2D eigenvalue weighted by Gasteiger charge is -2.35. The summed E-state index contributed by atoms with van der Waals surface area (Å²) in [7, 11) is 1.66. The van der Waals surface area contributed by atoms with Crippen LogP contribution in [0.4, 0.5) is 5.82 Å². The lowest BCUT2D eigenvalue weighted by molar-refractivity contribution is -0.133. The Labute approximate surface area is 187 Å². The molecule has 31 heavy (non-hydrogen) atoms. The number of benzene rings is 2. The minimum atomic E-state index is -0.0171. The maximum absolute atomic E-state index is 12.6. The van der Waals surface area contributed by atoms with Crippen LogP contribution in [0.5, 0.6) is 11.5 Å². The monoisotopic (exact) mass is 439 g/mol. The molecule has 0 N–H and O–H groups in total. The van der Waals surface area contributed by atoms with Gasteiger partial charge in [-0.3, -0.25) is 4.79 Å². The third-order valence-electron chi connectivity index (χ3n) is 5.66. The zero-order chi connectivity index (χ0) is 22.0. The fourth-order valence-corrected chi connectivity index (χ4v) is 3.95. The molecule has 0 saturated carbocycles. The molecule has 1 saturated heterocycles. The Balaban J connectivity index is 1.39. The highest BCUT2D eigenvalue weighted by molar-refractivity contribution is 6.31. The van der Waals surface area contributed by atoms with Crippen LogP contribution in [0.3, 0.4) is 0 Å². The molecule has 162 valence electrons. The molecular weight excluding hydrogens is 414 g/mol. The van der Waals surface area contributed by atoms with Crippen LogP contribution >= 0.6 is 11.6 Å². The number of para-hydroxylation sites is 1. The van der Waals surface area contributed by atoms with Gasteiger partial charge in [0.1, 0.15) is 22.8 Å². The van der Waals surface area contributed by atoms with Crippen LogP contribution in [-0.2, 0) is 4.79 Å². The molecule has 0 radical (unpaired) electrons. The number of methoxy groups -OCH3 is 1. The standard InChI is InChI=1S/C24H26ClN3O3/c1-16-14-22(26-24-19(16)5-4-6-21(24)30-3)27-9-11-28(12-10-27)23(29)15-31-18-7-8-20(25)17(2)13-18/h4-8,13-14H,9-12,15H2,1-3H3. The van der Waals surface area contributed by atoms with E-state index in [1.165, 1.54) is 0 Å². The summed E-state index contributed by atoms with van der Waals surface area (Å²) in [5, 5.41) is 1.77. The van der Waals surface area contributed by atoms with Gasteiger partial charge < -0.3 is 19.3 Å². The average molecular weight is 440 g/mol. The molecule has 1 aliphatic rings. The Hall–Kier alpha value is -2.99. The quantitative estimate of drug-likeness (QED) is 0.595. The Morgan fingerprint density at radius 3 is 2.55 bits per heavy atom. The maximum Gasteiger partial charge on any atom is 0.260 e. The number of halogens is 1. The number of hydrogen-bond donors (Lipinski definition) is 0. The van der Waals surface area contributed by atoms with E-state index in [9.17, 15) is 4.79 Å². The SMILES string of the molecule is COc1cccc2c(C)cc(N3CCN(C(=O)COc4ccc(Cl)c(C)c4)CC3)nc12. The highest BCUT2D eigenvalue weighted by Crippen LogP contribution is 2.29. The van der Waals surface area contributed by atoms with Crippen LogP contribution in [0.1, 0.15) is 11.1 Å². The van der Waals surface area contributed by atoms with E-state index in [0.717, 1.165) is 46.7 Å². The van der Waals surface area contributed by atoms with Crippen molar-refractivity contribution in [2.45, 2.75) is 13.8 Å². The molecule has 1 fully saturated rings. The minimum absolute atomic E-state index is 0.0171. The second-order valence-corrected chi connectivity index (χ2v) is 8.13. The molecule has 1 aromatic heterocycles. The van der Waals surface area contributed by atoms with Crippen molar-refractivity contribution in [3.05, 3.63) is 58.6 Å². The third kappa shape index (κ3) is 4.54. The molecule has 0 bridgehead atoms. The van der Waals surface area contributed by atoms with E-state index in [1.807, 2.05) is 30.0 Å². The number of ether oxygens (including phenoxy) is 2. The van der Waals surface area contributed by atoms with Gasteiger partial charge in [0.15, 0.2) is 6.61 Å². The number of carbonyl (C=O) groups is 1. The summed E-state index contributed by atoms with van der Waals surface area (Å²) in [6.07, 6.45) is 0. The van der Waals surface area contributed by atoms with Gasteiger partial charge in [0.25, 0.3) is 5.91 Å². The summed E-state index contributed by atoms with van der Waals surface area (Å²) in [4.78, 5) is 21.5. The van der Waals surface area contributed by atoms with E-state index in [-0.39, 0.29) is 12.5 Å². The van der Waals surface area contributed by atoms with Crippen LogP contribution < -0.4 is 14.4 Å². The minimum Gasteiger partial charge on any atom is -0.494 e. The molecule has 2 heterocycles. The molecule has 3 aromatic rings. The highest BCUT2D eigenvalue weighted by Gasteiger charge is 2.23. The summed E-state index contributed by atoms with van der Waals surface area (Å²) in [5.41, 5.74) is 2.95. The molecule has 1 amide bonds. The van der Waals surface area contributed by atoms with E-state index >= 15 is 0 Å². The van der Waals surface area contributed by atoms with E-state index in [0.29, 0.717) is 23.9 Å². The smallest absolute Gasteiger partial charge is 0.260 e. The second-order valence-electron chi connectivity index (χ2n) is 7.72. The van der Waals surface area contributed by atoms with Crippen LogP contribution in [-0.4, -0.2) is 55.7 Å². The molecule has 6 nitrogen and oxygen atoms in total. The molecular formula is C24H26ClN3O3. The lowest BCUT2D eigenvalue weighted by atomic mass is 10.1. The molecule has 0 atom stereocenters. The van der Waals surface area contributed by atoms with Crippen molar-refractivity contribution in [2.75, 3.05) is 44.8 Å². The molecule has 7 heteroatoms. The Morgan fingerprint density at radius 2 is 1.84 bits per heavy atom. The molecule has 4 rings (SSSR count). The van der Waals surface area contributed by atoms with Crippen molar-refractivity contribution >= 4 is 34.2 Å². The van der Waals surface area contributed by atoms with Crippen molar-refractivity contribution in [3.63, 3.8) is 0 Å². The summed E-state index contributed by atoms with van der Waals surface area (Å²) in [6, 6.07) is 13.5. The number of nitrogens with zero attached hydrogens (tertiary/aromatic N) is 3. The first kappa shape index (κ1) is 21.2. The van der Waals surface area contributed by atoms with Gasteiger partial charge in [0, 0.05) is 36.6 Å². The topological polar surface area (TPSA) is 54.9 Å². The largest absolute Gasteiger partial charge is 0.494 e. The second kappa shape index (κ2) is 9.02. The van der Waals surface area contributed by atoms with Crippen molar-refractivity contribution in [3.8, 4) is 11.5 Å². The zero-order valence-corrected chi connectivity index (χ0v) is 18.8. The highest BCUT2D eigenvalue weighted by atomic mass is 35.5. The van der Waals surface area contributed by atoms with Crippen LogP contribution in [0.25, 0.3) is 10.9 Å². The Kier molecular flexibility index (Phi) is 6.18. The van der Waals surface area contributed by atoms with Crippen molar-refractivity contribution < 1.29 is 14.3 Å². The maximum atomic E-state index is 12.6. The first-order chi connectivity index (χ1) is 15.0. The predicted molar refractivity (Wildman–Crippen MR) is 124 cm³/mol. The van der Waals surface area contributed by atoms with Crippen molar-refractivity contribution in [2.24, 2.45) is 0 Å². The number of amides is 1. The number of aromatic nitrogens is 1. The molecule has 0 aliphatic carbocycles. The molecule has 0 unspecified atom stereocenters. The van der Waals surface area contributed by atoms with E-state index in [1.54, 1.807) is 19.2 Å². The Morgan fingerprint density at radius 1 is 1.06 bits per heavy atom. The van der Waals surface area contributed by atoms with E-state index < -0.39 is 0 Å². The fraction of sp³-hybridized carbons (Fsp3) is 0.333. The van der Waals surface area contributed by atoms with Crippen LogP contribution in [0.2, 0.25) is 5.02 Å². The number of aryl methyl sites for hydroxylation is 2. The first-order valence-corrected chi connectivity index (χ1v) is 10.7. The number of pyridine rings is 1. The average Bonchev–Trinajstić information content (AvgIpc) is 2.79. The van der Waals surface area contributed by atoms with Gasteiger partial charge in [-0.25, -0.2) is 4.98 Å². The van der Waals surface area contributed by atoms with Crippen molar-refractivity contribution in [1.29, 1.82) is 0 Å². The number of anilines is 1. The summed E-state index contributed by atoms with van der Waals surface area (Å²) >= 11 is 6.04. The van der Waals surface area contributed by atoms with Gasteiger partial charge in [0.05, 0.1) is 7.11 Å². The van der Waals surface area contributed by atoms with Gasteiger partial charge >= 0.3 is 0 Å². The number of carbonyl (C=O) groups excluding carboxylic acids is 1. The summed E-state index contributed by atoms with van der Waals surface area (Å²) in [5.74, 6) is 2.32. The van der Waals surface area contributed by atoms with Crippen LogP contribution in [0.15, 0.2) is 42.5 Å². The number of rotatable bonds is 5. The fourth-order valence-electron chi connectivity index (χ4n) is 3.83. The van der Waals surface area contributed by atoms with Gasteiger partial charge in [-0.05, 0) is 55.3 Å². The van der Waals surface area contributed by atoms with E-state index in [2.05, 4.69) is 24.0 Å². The van der Waals surface area contributed by atoms with Gasteiger partial charge in [-0.2, -0.15) is 0 Å². The van der Waals surface area contributed by atoms with Crippen molar-refractivity contribution in [1.82, 2.24) is 9.88 Å². The first-order valence-electron chi connectivity index (χ1n) is 10.3. The van der Waals surface area contributed by atoms with E-state index in [4.69, 9.17) is 26.1 Å². The predicted octanol–water partition coefficient (Wildman–Crippen LogP) is 4.24. The van der Waals surface area contributed by atoms with Gasteiger partial charge in [0.2, 0.25) is 0 Å². The van der Waals surface area contributed by atoms with Gasteiger partial charge in [-0.1, -0.05) is 23.7 Å². The van der Waals surface area contributed by atoms with Crippen LogP contribution in [0, 0.1) is 13.8 Å². The number of fused-ring (bicyclic) bond motifs is 1. The molecule has 2 aromatic carbocycles. The Bertz CT molecular complexity index is 1110. The molecule has 1 aliphatic heterocycles. The molecule has 0 spiro atoms.